The number of aryl methyl sites for hydroxylation is 1. The van der Waals surface area contributed by atoms with Crippen LogP contribution in [0, 0.1) is 0 Å². The summed E-state index contributed by atoms with van der Waals surface area (Å²) in [6.45, 7) is -0.788. The zero-order chi connectivity index (χ0) is 29.3. The predicted octanol–water partition coefficient (Wildman–Crippen LogP) is -0.903. The second-order valence-corrected chi connectivity index (χ2v) is 10.5. The van der Waals surface area contributed by atoms with Crippen LogP contribution in [0.2, 0.25) is 0 Å². The molecule has 0 aromatic carbocycles. The van der Waals surface area contributed by atoms with E-state index in [0.717, 1.165) is 21.9 Å². The number of aliphatic carboxylic acids is 1. The fourth-order valence-electron chi connectivity index (χ4n) is 5.11. The van der Waals surface area contributed by atoms with E-state index in [9.17, 15) is 28.7 Å². The normalized spacial score (nSPS) is 21.7. The number of rotatable bonds is 9. The van der Waals surface area contributed by atoms with Crippen LogP contribution in [0.1, 0.15) is 25.0 Å². The summed E-state index contributed by atoms with van der Waals surface area (Å²) in [6.07, 6.45) is 6.17. The van der Waals surface area contributed by atoms with Crippen molar-refractivity contribution in [1.29, 1.82) is 0 Å². The molecule has 2 aromatic rings. The number of nitrogen functional groups attached to an aromatic ring is 1. The van der Waals surface area contributed by atoms with Gasteiger partial charge in [0.15, 0.2) is 23.2 Å². The minimum absolute atomic E-state index is 0.0832. The van der Waals surface area contributed by atoms with Gasteiger partial charge in [-0.15, -0.1) is 11.3 Å². The number of anilines is 2. The van der Waals surface area contributed by atoms with Gasteiger partial charge in [0.05, 0.1) is 17.7 Å². The number of alkyl halides is 1. The highest BCUT2D eigenvalue weighted by molar-refractivity contribution is 7.13. The first-order chi connectivity index (χ1) is 19.7. The number of carbonyl (C=O) groups is 4. The fraction of sp³-hybridized carbons (Fsp3) is 0.346. The number of thiazole rings is 1. The highest BCUT2D eigenvalue weighted by atomic mass is 32.1. The lowest BCUT2D eigenvalue weighted by Gasteiger charge is -2.51. The summed E-state index contributed by atoms with van der Waals surface area (Å²) in [4.78, 5) is 63.0. The largest absolute Gasteiger partial charge is 0.543 e. The van der Waals surface area contributed by atoms with Crippen molar-refractivity contribution in [2.45, 2.75) is 31.3 Å². The van der Waals surface area contributed by atoms with E-state index in [1.807, 2.05) is 36.1 Å². The van der Waals surface area contributed by atoms with Gasteiger partial charge in [0.1, 0.15) is 37.8 Å². The van der Waals surface area contributed by atoms with Gasteiger partial charge >= 0.3 is 0 Å². The van der Waals surface area contributed by atoms with Crippen LogP contribution in [0.4, 0.5) is 15.2 Å². The number of β-lactam (4-membered cyclic amide) rings is 1. The van der Waals surface area contributed by atoms with E-state index >= 15 is 0 Å². The Morgan fingerprint density at radius 3 is 2.88 bits per heavy atom. The third-order valence-corrected chi connectivity index (χ3v) is 7.64. The monoisotopic (exact) mass is 583 g/mol. The van der Waals surface area contributed by atoms with Crippen molar-refractivity contribution in [3.05, 3.63) is 58.5 Å². The Kier molecular flexibility index (Phi) is 7.79. The molecule has 0 saturated carbocycles. The van der Waals surface area contributed by atoms with E-state index < -0.39 is 43.1 Å². The van der Waals surface area contributed by atoms with Crippen molar-refractivity contribution in [2.24, 2.45) is 12.2 Å². The molecule has 13 nitrogen and oxygen atoms in total. The summed E-state index contributed by atoms with van der Waals surface area (Å²) in [5.74, 6) is -3.27. The Hall–Kier alpha value is -4.66. The van der Waals surface area contributed by atoms with Gasteiger partial charge in [-0.3, -0.25) is 14.4 Å². The number of nitrogens with one attached hydrogen (secondary N) is 1. The number of carboxylic acid groups (broad SMARTS) is 1. The molecule has 3 amide bonds. The first kappa shape index (κ1) is 27.9. The van der Waals surface area contributed by atoms with Gasteiger partial charge in [0.2, 0.25) is 0 Å². The maximum atomic E-state index is 13.1. The summed E-state index contributed by atoms with van der Waals surface area (Å²) in [7, 11) is 1.85. The van der Waals surface area contributed by atoms with E-state index in [0.29, 0.717) is 30.5 Å². The lowest BCUT2D eigenvalue weighted by molar-refractivity contribution is -0.670. The molecule has 5 heterocycles. The molecule has 0 bridgehead atoms. The number of nitrogens with two attached hydrogens (primary N) is 1. The van der Waals surface area contributed by atoms with Crippen molar-refractivity contribution in [1.82, 2.24) is 15.2 Å². The van der Waals surface area contributed by atoms with E-state index in [1.54, 1.807) is 4.90 Å². The van der Waals surface area contributed by atoms with Gasteiger partial charge in [0.25, 0.3) is 17.7 Å². The minimum Gasteiger partial charge on any atom is -0.543 e. The third kappa shape index (κ3) is 5.39. The number of carboxylic acids is 1. The minimum atomic E-state index is -1.56. The molecule has 41 heavy (non-hydrogen) atoms. The standard InChI is InChI=1S/C26H26FN7O6S/c1-32-8-2-3-16(12-32)33-9-6-15(23(33)36)11-14-4-5-18-20(24(37)34(18)21(14)25(38)39)30-22(35)19(31-40-10-7-27)17-13-41-26(28)29-17/h2-3,8,11-13,18,20H,4-7,9-10H2,1H3,(H3-,28,29,30,35,38,39)/b15-11?,31-19-/t18-,20+/m1/s1. The second-order valence-electron chi connectivity index (χ2n) is 9.56. The summed E-state index contributed by atoms with van der Waals surface area (Å²) < 4.78 is 14.3. The quantitative estimate of drug-likeness (QED) is 0.0954. The molecule has 2 aromatic heterocycles. The number of oxime groups is 1. The number of nitrogens with zero attached hydrogens (tertiary/aromatic N) is 5. The highest BCUT2D eigenvalue weighted by Crippen LogP contribution is 2.38. The fourth-order valence-corrected chi connectivity index (χ4v) is 5.66. The number of hydrogen-bond acceptors (Lipinski definition) is 10. The van der Waals surface area contributed by atoms with E-state index in [-0.39, 0.29) is 34.6 Å². The van der Waals surface area contributed by atoms with Crippen LogP contribution < -0.4 is 25.6 Å². The van der Waals surface area contributed by atoms with Gasteiger partial charge in [0, 0.05) is 23.6 Å². The van der Waals surface area contributed by atoms with Crippen molar-refractivity contribution in [3.8, 4) is 0 Å². The van der Waals surface area contributed by atoms with Crippen molar-refractivity contribution < 1.29 is 38.1 Å². The van der Waals surface area contributed by atoms with E-state index in [4.69, 9.17) is 10.6 Å². The average Bonchev–Trinajstić information content (AvgIpc) is 3.54. The topological polar surface area (TPSA) is 174 Å². The first-order valence-corrected chi connectivity index (χ1v) is 13.6. The first-order valence-electron chi connectivity index (χ1n) is 12.7. The molecular formula is C26H26FN7O6S. The molecule has 15 heteroatoms. The van der Waals surface area contributed by atoms with Gasteiger partial charge in [-0.05, 0) is 37.0 Å². The Morgan fingerprint density at radius 2 is 2.20 bits per heavy atom. The molecule has 2 atom stereocenters. The molecule has 214 valence electrons. The molecule has 2 fully saturated rings. The van der Waals surface area contributed by atoms with Gasteiger partial charge in [-0.2, -0.15) is 0 Å². The number of hydrogen-bond donors (Lipinski definition) is 2. The van der Waals surface area contributed by atoms with E-state index in [1.165, 1.54) is 11.5 Å². The summed E-state index contributed by atoms with van der Waals surface area (Å²) in [5.41, 5.74) is 6.56. The van der Waals surface area contributed by atoms with E-state index in [2.05, 4.69) is 15.5 Å². The Labute approximate surface area is 237 Å². The smallest absolute Gasteiger partial charge is 0.276 e. The SMILES string of the molecule is C[n+]1cccc(N2CCC(=CC3=C(C(=O)[O-])N4C(=O)[C@@H](NC(=O)/C(=N\OCCF)c5csc(N)n5)[C@H]4CC3)C2=O)c1. The molecule has 0 aliphatic carbocycles. The number of allylic oxidation sites excluding steroid dienone is 2. The lowest BCUT2D eigenvalue weighted by atomic mass is 9.82. The lowest BCUT2D eigenvalue weighted by Crippen LogP contribution is -2.72. The van der Waals surface area contributed by atoms with Crippen molar-refractivity contribution >= 4 is 51.6 Å². The maximum Gasteiger partial charge on any atom is 0.276 e. The third-order valence-electron chi connectivity index (χ3n) is 6.97. The predicted molar refractivity (Wildman–Crippen MR) is 141 cm³/mol. The molecule has 0 unspecified atom stereocenters. The maximum absolute atomic E-state index is 13.1. The van der Waals surface area contributed by atoms with Gasteiger partial charge < -0.3 is 35.6 Å². The summed E-state index contributed by atoms with van der Waals surface area (Å²) in [6, 6.07) is 1.94. The van der Waals surface area contributed by atoms with Crippen LogP contribution >= 0.6 is 11.3 Å². The van der Waals surface area contributed by atoms with Crippen molar-refractivity contribution in [3.63, 3.8) is 0 Å². The molecule has 3 aliphatic heterocycles. The number of amides is 3. The van der Waals surface area contributed by atoms with Gasteiger partial charge in [-0.25, -0.2) is 13.9 Å². The van der Waals surface area contributed by atoms with Crippen LogP contribution in [0.25, 0.3) is 0 Å². The number of fused-ring (bicyclic) bond motifs is 1. The molecule has 5 rings (SSSR count). The Bertz CT molecular complexity index is 1520. The molecule has 2 saturated heterocycles. The molecule has 3 N–H and O–H groups in total. The highest BCUT2D eigenvalue weighted by Gasteiger charge is 2.52. The van der Waals surface area contributed by atoms with Crippen LogP contribution in [0.3, 0.4) is 0 Å². The number of aromatic nitrogens is 2. The van der Waals surface area contributed by atoms with Gasteiger partial charge in [-0.1, -0.05) is 5.16 Å². The molecule has 0 radical (unpaired) electrons. The Morgan fingerprint density at radius 1 is 1.39 bits per heavy atom. The van der Waals surface area contributed by atoms with Crippen LogP contribution in [-0.4, -0.2) is 71.2 Å². The van der Waals surface area contributed by atoms with Crippen LogP contribution in [0.15, 0.2) is 58.0 Å². The van der Waals surface area contributed by atoms with Crippen molar-refractivity contribution in [2.75, 3.05) is 30.5 Å². The summed E-state index contributed by atoms with van der Waals surface area (Å²) in [5, 5.41) is 20.0. The Balaban J connectivity index is 1.34. The zero-order valence-corrected chi connectivity index (χ0v) is 22.7. The number of halogens is 1. The molecule has 3 aliphatic rings. The number of carbonyl (C=O) groups excluding carboxylic acids is 4. The average molecular weight is 584 g/mol. The van der Waals surface area contributed by atoms with Crippen LogP contribution in [-0.2, 0) is 31.1 Å². The second kappa shape index (κ2) is 11.4. The van der Waals surface area contributed by atoms with Crippen LogP contribution in [0.5, 0.6) is 0 Å². The molecule has 0 spiro atoms. The zero-order valence-electron chi connectivity index (χ0n) is 21.9. The summed E-state index contributed by atoms with van der Waals surface area (Å²) >= 11 is 1.05. The molecular weight excluding hydrogens is 557 g/mol. The number of pyridine rings is 1.